The Morgan fingerprint density at radius 3 is 2.40 bits per heavy atom. The van der Waals surface area contributed by atoms with Crippen molar-refractivity contribution in [3.63, 3.8) is 0 Å². The molecule has 0 aliphatic rings. The predicted molar refractivity (Wildman–Crippen MR) is 118 cm³/mol. The summed E-state index contributed by atoms with van der Waals surface area (Å²) in [5.74, 6) is 1.17. The molecule has 0 radical (unpaired) electrons. The van der Waals surface area contributed by atoms with Crippen molar-refractivity contribution in [3.05, 3.63) is 59.1 Å². The van der Waals surface area contributed by atoms with Crippen molar-refractivity contribution in [2.75, 3.05) is 20.3 Å². The summed E-state index contributed by atoms with van der Waals surface area (Å²) in [5.41, 5.74) is 0.804. The van der Waals surface area contributed by atoms with E-state index in [4.69, 9.17) is 21.1 Å². The third-order valence-electron chi connectivity index (χ3n) is 4.68. The van der Waals surface area contributed by atoms with Gasteiger partial charge in [0.1, 0.15) is 17.5 Å². The molecule has 0 aliphatic heterocycles. The van der Waals surface area contributed by atoms with Gasteiger partial charge in [-0.15, -0.1) is 0 Å². The summed E-state index contributed by atoms with van der Waals surface area (Å²) in [6.07, 6.45) is 0.802. The van der Waals surface area contributed by atoms with E-state index >= 15 is 0 Å². The zero-order valence-electron chi connectivity index (χ0n) is 17.7. The molecule has 0 saturated carbocycles. The molecule has 0 spiro atoms. The Balaban J connectivity index is 1.97. The zero-order chi connectivity index (χ0) is 21.9. The molecule has 0 bridgehead atoms. The van der Waals surface area contributed by atoms with Gasteiger partial charge in [0.05, 0.1) is 13.7 Å². The van der Waals surface area contributed by atoms with Gasteiger partial charge in [0.15, 0.2) is 0 Å². The molecule has 1 atom stereocenters. The number of carbonyl (C=O) groups is 2. The van der Waals surface area contributed by atoms with E-state index in [1.54, 1.807) is 25.0 Å². The predicted octanol–water partition coefficient (Wildman–Crippen LogP) is 4.06. The maximum atomic E-state index is 12.9. The molecule has 0 saturated heterocycles. The first kappa shape index (κ1) is 23.5. The Morgan fingerprint density at radius 1 is 1.10 bits per heavy atom. The van der Waals surface area contributed by atoms with E-state index in [1.807, 2.05) is 49.4 Å². The monoisotopic (exact) mass is 432 g/mol. The number of methoxy groups -OCH3 is 1. The van der Waals surface area contributed by atoms with Crippen LogP contribution in [-0.4, -0.2) is 43.0 Å². The van der Waals surface area contributed by atoms with Gasteiger partial charge in [-0.05, 0) is 56.2 Å². The normalized spacial score (nSPS) is 11.5. The van der Waals surface area contributed by atoms with Crippen LogP contribution in [0.25, 0.3) is 0 Å². The Bertz CT molecular complexity index is 826. The van der Waals surface area contributed by atoms with Crippen LogP contribution < -0.4 is 14.8 Å². The molecular weight excluding hydrogens is 404 g/mol. The second-order valence-electron chi connectivity index (χ2n) is 6.81. The first-order valence-corrected chi connectivity index (χ1v) is 10.4. The minimum Gasteiger partial charge on any atom is -0.497 e. The molecule has 2 rings (SSSR count). The Labute approximate surface area is 183 Å². The zero-order valence-corrected chi connectivity index (χ0v) is 18.4. The molecule has 0 aromatic heterocycles. The number of likely N-dealkylation sites (N-methyl/N-ethyl adjacent to an activating group) is 1. The Kier molecular flexibility index (Phi) is 9.48. The summed E-state index contributed by atoms with van der Waals surface area (Å²) >= 11 is 6.27. The number of ether oxygens (including phenoxy) is 2. The maximum Gasteiger partial charge on any atom is 0.242 e. The summed E-state index contributed by atoms with van der Waals surface area (Å²) < 4.78 is 10.8. The lowest BCUT2D eigenvalue weighted by Gasteiger charge is -2.29. The van der Waals surface area contributed by atoms with E-state index in [1.165, 1.54) is 0 Å². The molecule has 0 fully saturated rings. The van der Waals surface area contributed by atoms with Crippen molar-refractivity contribution in [2.45, 2.75) is 39.3 Å². The highest BCUT2D eigenvalue weighted by atomic mass is 35.5. The number of nitrogens with one attached hydrogen (secondary N) is 1. The fraction of sp³-hybridized carbons (Fsp3) is 0.391. The van der Waals surface area contributed by atoms with E-state index in [2.05, 4.69) is 5.32 Å². The van der Waals surface area contributed by atoms with Gasteiger partial charge in [-0.1, -0.05) is 29.8 Å². The highest BCUT2D eigenvalue weighted by Gasteiger charge is 2.26. The molecule has 6 nitrogen and oxygen atoms in total. The lowest BCUT2D eigenvalue weighted by Crippen LogP contribution is -2.47. The standard InChI is InChI=1S/C23H29ClN2O4/c1-4-25-23(28)17(2)26(16-18-8-5-6-9-21(18)24)22(27)10-7-15-30-20-13-11-19(29-3)12-14-20/h5-6,8-9,11-14,17H,4,7,10,15-16H2,1-3H3,(H,25,28)/t17-/m0/s1. The largest absolute Gasteiger partial charge is 0.497 e. The molecule has 0 unspecified atom stereocenters. The van der Waals surface area contributed by atoms with Gasteiger partial charge in [0.25, 0.3) is 0 Å². The number of hydrogen-bond acceptors (Lipinski definition) is 4. The van der Waals surface area contributed by atoms with E-state index in [0.717, 1.165) is 11.3 Å². The molecule has 0 heterocycles. The molecule has 0 aliphatic carbocycles. The second-order valence-corrected chi connectivity index (χ2v) is 7.22. The topological polar surface area (TPSA) is 67.9 Å². The van der Waals surface area contributed by atoms with E-state index in [9.17, 15) is 9.59 Å². The van der Waals surface area contributed by atoms with Gasteiger partial charge in [-0.3, -0.25) is 9.59 Å². The smallest absolute Gasteiger partial charge is 0.242 e. The third kappa shape index (κ3) is 6.95. The molecule has 2 aromatic carbocycles. The summed E-state index contributed by atoms with van der Waals surface area (Å²) in [5, 5.41) is 3.35. The SMILES string of the molecule is CCNC(=O)[C@H](C)N(Cc1ccccc1Cl)C(=O)CCCOc1ccc(OC)cc1. The number of hydrogen-bond donors (Lipinski definition) is 1. The van der Waals surface area contributed by atoms with Crippen LogP contribution >= 0.6 is 11.6 Å². The third-order valence-corrected chi connectivity index (χ3v) is 5.05. The quantitative estimate of drug-likeness (QED) is 0.544. The Hall–Kier alpha value is -2.73. The van der Waals surface area contributed by atoms with Crippen molar-refractivity contribution in [1.82, 2.24) is 10.2 Å². The summed E-state index contributed by atoms with van der Waals surface area (Å²) in [6, 6.07) is 14.0. The summed E-state index contributed by atoms with van der Waals surface area (Å²) in [7, 11) is 1.61. The first-order valence-electron chi connectivity index (χ1n) is 10.0. The lowest BCUT2D eigenvalue weighted by atomic mass is 10.1. The fourth-order valence-electron chi connectivity index (χ4n) is 2.94. The summed E-state index contributed by atoms with van der Waals surface area (Å²) in [4.78, 5) is 26.9. The van der Waals surface area contributed by atoms with Crippen LogP contribution in [0, 0.1) is 0 Å². The highest BCUT2D eigenvalue weighted by Crippen LogP contribution is 2.20. The average molecular weight is 433 g/mol. The molecule has 30 heavy (non-hydrogen) atoms. The van der Waals surface area contributed by atoms with Crippen molar-refractivity contribution in [1.29, 1.82) is 0 Å². The number of nitrogens with zero attached hydrogens (tertiary/aromatic N) is 1. The van der Waals surface area contributed by atoms with Gasteiger partial charge in [0, 0.05) is 24.5 Å². The van der Waals surface area contributed by atoms with Crippen LogP contribution in [0.5, 0.6) is 11.5 Å². The van der Waals surface area contributed by atoms with Crippen LogP contribution in [0.4, 0.5) is 0 Å². The van der Waals surface area contributed by atoms with Crippen LogP contribution in [0.1, 0.15) is 32.3 Å². The van der Waals surface area contributed by atoms with Crippen molar-refractivity contribution in [3.8, 4) is 11.5 Å². The molecule has 7 heteroatoms. The van der Waals surface area contributed by atoms with Crippen LogP contribution in [0.2, 0.25) is 5.02 Å². The van der Waals surface area contributed by atoms with Gasteiger partial charge in [-0.25, -0.2) is 0 Å². The second kappa shape index (κ2) is 12.1. The van der Waals surface area contributed by atoms with E-state index < -0.39 is 6.04 Å². The molecule has 2 aromatic rings. The van der Waals surface area contributed by atoms with Crippen LogP contribution in [0.3, 0.4) is 0 Å². The molecule has 2 amide bonds. The van der Waals surface area contributed by atoms with Crippen molar-refractivity contribution >= 4 is 23.4 Å². The van der Waals surface area contributed by atoms with E-state index in [0.29, 0.717) is 30.3 Å². The Morgan fingerprint density at radius 2 is 1.77 bits per heavy atom. The van der Waals surface area contributed by atoms with Crippen molar-refractivity contribution < 1.29 is 19.1 Å². The first-order chi connectivity index (χ1) is 14.5. The van der Waals surface area contributed by atoms with E-state index in [-0.39, 0.29) is 24.8 Å². The van der Waals surface area contributed by atoms with Crippen molar-refractivity contribution in [2.24, 2.45) is 0 Å². The maximum absolute atomic E-state index is 12.9. The van der Waals surface area contributed by atoms with Crippen LogP contribution in [0.15, 0.2) is 48.5 Å². The number of amides is 2. The fourth-order valence-corrected chi connectivity index (χ4v) is 3.14. The minimum atomic E-state index is -0.601. The number of carbonyl (C=O) groups excluding carboxylic acids is 2. The van der Waals surface area contributed by atoms with Gasteiger partial charge in [-0.2, -0.15) is 0 Å². The van der Waals surface area contributed by atoms with Crippen LogP contribution in [-0.2, 0) is 16.1 Å². The van der Waals surface area contributed by atoms with Gasteiger partial charge < -0.3 is 19.7 Å². The highest BCUT2D eigenvalue weighted by molar-refractivity contribution is 6.31. The lowest BCUT2D eigenvalue weighted by molar-refractivity contribution is -0.140. The summed E-state index contributed by atoms with van der Waals surface area (Å²) in [6.45, 7) is 4.76. The minimum absolute atomic E-state index is 0.119. The molecule has 162 valence electrons. The molecule has 1 N–H and O–H groups in total. The number of halogens is 1. The molecular formula is C23H29ClN2O4. The number of rotatable bonds is 11. The van der Waals surface area contributed by atoms with Gasteiger partial charge in [0.2, 0.25) is 11.8 Å². The number of benzene rings is 2. The van der Waals surface area contributed by atoms with Gasteiger partial charge >= 0.3 is 0 Å². The average Bonchev–Trinajstić information content (AvgIpc) is 2.76.